The van der Waals surface area contributed by atoms with Crippen molar-refractivity contribution in [2.45, 2.75) is 52.4 Å². The lowest BCUT2D eigenvalue weighted by Gasteiger charge is -2.30. The number of non-ortho nitro benzene ring substituents is 1. The Balaban J connectivity index is 1.96. The minimum atomic E-state index is -0.540. The van der Waals surface area contributed by atoms with Crippen molar-refractivity contribution in [1.29, 1.82) is 0 Å². The van der Waals surface area contributed by atoms with Crippen LogP contribution in [-0.2, 0) is 10.8 Å². The van der Waals surface area contributed by atoms with E-state index in [4.69, 9.17) is 0 Å². The number of phenols is 1. The second-order valence-corrected chi connectivity index (χ2v) is 10.1. The summed E-state index contributed by atoms with van der Waals surface area (Å²) in [6.45, 7) is 12.5. The predicted molar refractivity (Wildman–Crippen MR) is 122 cm³/mol. The van der Waals surface area contributed by atoms with Crippen LogP contribution in [0.25, 0.3) is 0 Å². The molecule has 8 heteroatoms. The molecule has 2 aromatic rings. The number of anilines is 1. The molecule has 1 aliphatic heterocycles. The fraction of sp³-hybridized carbons (Fsp3) is 0.417. The van der Waals surface area contributed by atoms with Crippen molar-refractivity contribution < 1.29 is 19.6 Å². The van der Waals surface area contributed by atoms with E-state index >= 15 is 0 Å². The number of nitrogens with zero attached hydrogens (tertiary/aromatic N) is 3. The number of benzene rings is 2. The first-order valence-corrected chi connectivity index (χ1v) is 10.5. The van der Waals surface area contributed by atoms with Gasteiger partial charge in [0.05, 0.1) is 4.92 Å². The number of rotatable bonds is 3. The Morgan fingerprint density at radius 2 is 1.47 bits per heavy atom. The highest BCUT2D eigenvalue weighted by molar-refractivity contribution is 6.10. The lowest BCUT2D eigenvalue weighted by molar-refractivity contribution is -0.384. The van der Waals surface area contributed by atoms with Crippen molar-refractivity contribution >= 4 is 23.3 Å². The monoisotopic (exact) mass is 439 g/mol. The van der Waals surface area contributed by atoms with E-state index in [1.165, 1.54) is 29.2 Å². The van der Waals surface area contributed by atoms with Gasteiger partial charge in [-0.05, 0) is 35.1 Å². The summed E-state index contributed by atoms with van der Waals surface area (Å²) >= 11 is 0. The van der Waals surface area contributed by atoms with Crippen LogP contribution in [0.3, 0.4) is 0 Å². The Bertz CT molecular complexity index is 1040. The number of hydrogen-bond acceptors (Lipinski definition) is 5. The van der Waals surface area contributed by atoms with E-state index < -0.39 is 16.9 Å². The van der Waals surface area contributed by atoms with Crippen LogP contribution < -0.4 is 4.90 Å². The molecular weight excluding hydrogens is 410 g/mol. The van der Waals surface area contributed by atoms with E-state index in [0.29, 0.717) is 12.2 Å². The molecule has 1 heterocycles. The molecular formula is C24H29N3O5. The topological polar surface area (TPSA) is 104 Å². The fourth-order valence-electron chi connectivity index (χ4n) is 3.77. The number of carbonyl (C=O) groups is 2. The largest absolute Gasteiger partial charge is 0.507 e. The van der Waals surface area contributed by atoms with Crippen molar-refractivity contribution in [2.24, 2.45) is 0 Å². The Labute approximate surface area is 187 Å². The maximum atomic E-state index is 13.2. The first-order valence-electron chi connectivity index (χ1n) is 10.5. The normalized spacial score (nSPS) is 14.8. The molecule has 1 saturated heterocycles. The van der Waals surface area contributed by atoms with Crippen LogP contribution in [0.4, 0.5) is 16.2 Å². The van der Waals surface area contributed by atoms with E-state index in [2.05, 4.69) is 0 Å². The van der Waals surface area contributed by atoms with Crippen molar-refractivity contribution in [3.05, 3.63) is 63.2 Å². The van der Waals surface area contributed by atoms with E-state index in [1.54, 1.807) is 0 Å². The lowest BCUT2D eigenvalue weighted by atomic mass is 9.79. The molecule has 0 atom stereocenters. The number of nitro groups is 1. The number of urea groups is 1. The zero-order chi connectivity index (χ0) is 24.0. The van der Waals surface area contributed by atoms with Gasteiger partial charge >= 0.3 is 6.03 Å². The molecule has 3 amide bonds. The number of imide groups is 1. The van der Waals surface area contributed by atoms with Gasteiger partial charge < -0.3 is 5.11 Å². The molecule has 170 valence electrons. The van der Waals surface area contributed by atoms with E-state index in [-0.39, 0.29) is 34.4 Å². The summed E-state index contributed by atoms with van der Waals surface area (Å²) in [5, 5.41) is 21.8. The standard InChI is InChI=1S/C24H29N3O5/c1-23(2,3)18-13-17(14-19(20(18)28)24(4,5)6)25-11-12-26(22(25)30)21(29)15-7-9-16(10-8-15)27(31)32/h7-10,13-14,28H,11-12H2,1-6H3. The molecule has 0 saturated carbocycles. The Kier molecular flexibility index (Phi) is 5.76. The number of phenolic OH excluding ortho intramolecular Hbond substituents is 1. The summed E-state index contributed by atoms with van der Waals surface area (Å²) in [6, 6.07) is 8.36. The molecule has 1 fully saturated rings. The van der Waals surface area contributed by atoms with E-state index in [1.807, 2.05) is 53.7 Å². The maximum Gasteiger partial charge on any atom is 0.331 e. The third-order valence-corrected chi connectivity index (χ3v) is 5.60. The van der Waals surface area contributed by atoms with Crippen LogP contribution in [0.1, 0.15) is 63.0 Å². The molecule has 1 N–H and O–H groups in total. The molecule has 0 unspecified atom stereocenters. The zero-order valence-electron chi connectivity index (χ0n) is 19.3. The second-order valence-electron chi connectivity index (χ2n) is 10.1. The van der Waals surface area contributed by atoms with Gasteiger partial charge in [0.25, 0.3) is 11.6 Å². The molecule has 0 spiro atoms. The summed E-state index contributed by atoms with van der Waals surface area (Å²) in [7, 11) is 0. The first kappa shape index (κ1) is 23.2. The molecule has 2 aromatic carbocycles. The zero-order valence-corrected chi connectivity index (χ0v) is 19.3. The van der Waals surface area contributed by atoms with Gasteiger partial charge in [-0.25, -0.2) is 4.79 Å². The van der Waals surface area contributed by atoms with Crippen molar-refractivity contribution in [3.63, 3.8) is 0 Å². The Morgan fingerprint density at radius 1 is 0.969 bits per heavy atom. The number of aromatic hydroxyl groups is 1. The maximum absolute atomic E-state index is 13.2. The summed E-state index contributed by atoms with van der Waals surface area (Å²) in [6.07, 6.45) is 0. The molecule has 3 rings (SSSR count). The second kappa shape index (κ2) is 7.93. The van der Waals surface area contributed by atoms with Gasteiger partial charge in [0.2, 0.25) is 0 Å². The fourth-order valence-corrected chi connectivity index (χ4v) is 3.77. The number of nitro benzene ring substituents is 1. The summed E-state index contributed by atoms with van der Waals surface area (Å²) in [5.41, 5.74) is 1.47. The molecule has 32 heavy (non-hydrogen) atoms. The smallest absolute Gasteiger partial charge is 0.331 e. The Morgan fingerprint density at radius 3 is 1.91 bits per heavy atom. The molecule has 0 radical (unpaired) electrons. The van der Waals surface area contributed by atoms with Crippen LogP contribution in [0, 0.1) is 10.1 Å². The SMILES string of the molecule is CC(C)(C)c1cc(N2CCN(C(=O)c3ccc([N+](=O)[O-])cc3)C2=O)cc(C(C)(C)C)c1O. The third-order valence-electron chi connectivity index (χ3n) is 5.60. The van der Waals surface area contributed by atoms with Crippen LogP contribution >= 0.6 is 0 Å². The van der Waals surface area contributed by atoms with Gasteiger partial charge in [0.15, 0.2) is 0 Å². The van der Waals surface area contributed by atoms with Crippen LogP contribution in [-0.4, -0.2) is 40.0 Å². The minimum Gasteiger partial charge on any atom is -0.507 e. The van der Waals surface area contributed by atoms with Gasteiger partial charge in [0.1, 0.15) is 5.75 Å². The van der Waals surface area contributed by atoms with E-state index in [9.17, 15) is 24.8 Å². The first-order chi connectivity index (χ1) is 14.7. The summed E-state index contributed by atoms with van der Waals surface area (Å²) in [5.74, 6) is -0.280. The highest BCUT2D eigenvalue weighted by Crippen LogP contribution is 2.42. The average Bonchev–Trinajstić information content (AvgIpc) is 3.07. The average molecular weight is 440 g/mol. The third kappa shape index (κ3) is 4.30. The molecule has 8 nitrogen and oxygen atoms in total. The van der Waals surface area contributed by atoms with Crippen LogP contribution in [0.5, 0.6) is 5.75 Å². The highest BCUT2D eigenvalue weighted by Gasteiger charge is 2.36. The number of carbonyl (C=O) groups excluding carboxylic acids is 2. The molecule has 0 aromatic heterocycles. The summed E-state index contributed by atoms with van der Waals surface area (Å²) in [4.78, 5) is 39.0. The number of hydrogen-bond donors (Lipinski definition) is 1. The van der Waals surface area contributed by atoms with Gasteiger partial charge in [0, 0.05) is 47.6 Å². The highest BCUT2D eigenvalue weighted by atomic mass is 16.6. The van der Waals surface area contributed by atoms with Gasteiger partial charge in [-0.3, -0.25) is 24.7 Å². The molecule has 0 bridgehead atoms. The molecule has 1 aliphatic rings. The molecule has 0 aliphatic carbocycles. The van der Waals surface area contributed by atoms with Crippen molar-refractivity contribution in [3.8, 4) is 5.75 Å². The lowest BCUT2D eigenvalue weighted by Crippen LogP contribution is -2.36. The van der Waals surface area contributed by atoms with E-state index in [0.717, 1.165) is 16.0 Å². The van der Waals surface area contributed by atoms with Crippen molar-refractivity contribution in [2.75, 3.05) is 18.0 Å². The van der Waals surface area contributed by atoms with Gasteiger partial charge in [-0.2, -0.15) is 0 Å². The van der Waals surface area contributed by atoms with Gasteiger partial charge in [-0.15, -0.1) is 0 Å². The Hall–Kier alpha value is -3.42. The predicted octanol–water partition coefficient (Wildman–Crippen LogP) is 4.98. The van der Waals surface area contributed by atoms with Crippen molar-refractivity contribution in [1.82, 2.24) is 4.90 Å². The van der Waals surface area contributed by atoms with Crippen LogP contribution in [0.2, 0.25) is 0 Å². The quantitative estimate of drug-likeness (QED) is 0.537. The van der Waals surface area contributed by atoms with Crippen LogP contribution in [0.15, 0.2) is 36.4 Å². The number of amides is 3. The summed E-state index contributed by atoms with van der Waals surface area (Å²) < 4.78 is 0. The van der Waals surface area contributed by atoms with Gasteiger partial charge in [-0.1, -0.05) is 41.5 Å². The minimum absolute atomic E-state index is 0.121.